The van der Waals surface area contributed by atoms with E-state index in [1.54, 1.807) is 23.0 Å². The van der Waals surface area contributed by atoms with Crippen molar-refractivity contribution in [3.63, 3.8) is 0 Å². The van der Waals surface area contributed by atoms with Gasteiger partial charge < -0.3 is 17.2 Å². The van der Waals surface area contributed by atoms with Crippen LogP contribution in [0.4, 0.5) is 0 Å². The van der Waals surface area contributed by atoms with Crippen LogP contribution in [-0.4, -0.2) is 6.29 Å². The highest BCUT2D eigenvalue weighted by molar-refractivity contribution is 6.34. The number of hydrogen-bond donors (Lipinski definition) is 0. The van der Waals surface area contributed by atoms with E-state index in [0.717, 1.165) is 6.29 Å². The second kappa shape index (κ2) is 6.19. The number of rotatable bonds is 3. The molecular formula is C8H8Cl3NO. The molecule has 0 radical (unpaired) electrons. The van der Waals surface area contributed by atoms with Gasteiger partial charge in [0.15, 0.2) is 18.9 Å². The van der Waals surface area contributed by atoms with E-state index in [2.05, 4.69) is 0 Å². The van der Waals surface area contributed by atoms with E-state index in [1.165, 1.54) is 0 Å². The number of carbonyl (C=O) groups excluding carboxylic acids is 1. The van der Waals surface area contributed by atoms with Crippen molar-refractivity contribution in [2.24, 2.45) is 0 Å². The van der Waals surface area contributed by atoms with Crippen LogP contribution in [0.25, 0.3) is 0 Å². The molecule has 72 valence electrons. The summed E-state index contributed by atoms with van der Waals surface area (Å²) in [7, 11) is 0. The number of aldehydes is 1. The number of halogens is 3. The predicted molar refractivity (Wildman–Crippen MR) is 47.3 cm³/mol. The van der Waals surface area contributed by atoms with Crippen LogP contribution in [0.1, 0.15) is 6.42 Å². The maximum absolute atomic E-state index is 10.1. The number of pyridine rings is 1. The minimum absolute atomic E-state index is 0. The summed E-state index contributed by atoms with van der Waals surface area (Å²) in [6, 6.07) is 1.65. The van der Waals surface area contributed by atoms with Crippen molar-refractivity contribution in [2.45, 2.75) is 13.0 Å². The van der Waals surface area contributed by atoms with Crippen LogP contribution >= 0.6 is 23.2 Å². The van der Waals surface area contributed by atoms with Gasteiger partial charge in [-0.1, -0.05) is 23.2 Å². The van der Waals surface area contributed by atoms with Crippen molar-refractivity contribution in [2.75, 3.05) is 0 Å². The Morgan fingerprint density at radius 2 is 1.85 bits per heavy atom. The lowest BCUT2D eigenvalue weighted by atomic mass is 10.4. The van der Waals surface area contributed by atoms with E-state index in [1.807, 2.05) is 0 Å². The van der Waals surface area contributed by atoms with Gasteiger partial charge in [0.25, 0.3) is 0 Å². The third kappa shape index (κ3) is 4.46. The van der Waals surface area contributed by atoms with Crippen LogP contribution in [0.5, 0.6) is 0 Å². The van der Waals surface area contributed by atoms with Gasteiger partial charge in [-0.05, 0) is 6.07 Å². The first-order chi connectivity index (χ1) is 5.72. The third-order valence-electron chi connectivity index (χ3n) is 1.36. The average Bonchev–Trinajstić information content (AvgIpc) is 1.99. The van der Waals surface area contributed by atoms with Gasteiger partial charge >= 0.3 is 0 Å². The summed E-state index contributed by atoms with van der Waals surface area (Å²) < 4.78 is 1.79. The molecule has 0 saturated heterocycles. The van der Waals surface area contributed by atoms with Gasteiger partial charge in [-0.15, -0.1) is 0 Å². The molecule has 0 fully saturated rings. The average molecular weight is 241 g/mol. The maximum Gasteiger partial charge on any atom is 0.187 e. The Balaban J connectivity index is 0.00000144. The molecule has 1 rings (SSSR count). The fraction of sp³-hybridized carbons (Fsp3) is 0.250. The molecule has 0 N–H and O–H groups in total. The van der Waals surface area contributed by atoms with E-state index in [9.17, 15) is 4.79 Å². The molecule has 1 aromatic heterocycles. The molecule has 0 aliphatic rings. The molecule has 0 saturated carbocycles. The predicted octanol–water partition coefficient (Wildman–Crippen LogP) is -1.13. The van der Waals surface area contributed by atoms with E-state index in [-0.39, 0.29) is 12.4 Å². The smallest absolute Gasteiger partial charge is 0.187 e. The van der Waals surface area contributed by atoms with Crippen LogP contribution in [0.3, 0.4) is 0 Å². The number of aryl methyl sites for hydroxylation is 1. The molecule has 1 heterocycles. The molecule has 13 heavy (non-hydrogen) atoms. The summed E-state index contributed by atoms with van der Waals surface area (Å²) in [6.07, 6.45) is 4.80. The van der Waals surface area contributed by atoms with Gasteiger partial charge in [-0.25, -0.2) is 4.57 Å². The Hall–Kier alpha value is -0.310. The van der Waals surface area contributed by atoms with E-state index in [0.29, 0.717) is 23.0 Å². The topological polar surface area (TPSA) is 20.9 Å². The monoisotopic (exact) mass is 239 g/mol. The summed E-state index contributed by atoms with van der Waals surface area (Å²) in [5.41, 5.74) is 0. The molecule has 0 aromatic carbocycles. The minimum Gasteiger partial charge on any atom is -1.00 e. The molecule has 1 aromatic rings. The Morgan fingerprint density at radius 3 is 2.31 bits per heavy atom. The fourth-order valence-corrected chi connectivity index (χ4v) is 1.43. The van der Waals surface area contributed by atoms with Gasteiger partial charge in [0.05, 0.1) is 6.42 Å². The molecule has 5 heteroatoms. The van der Waals surface area contributed by atoms with Crippen molar-refractivity contribution >= 4 is 29.5 Å². The second-order valence-electron chi connectivity index (χ2n) is 2.37. The Bertz CT molecular complexity index is 270. The summed E-state index contributed by atoms with van der Waals surface area (Å²) in [5.74, 6) is 0. The first-order valence-corrected chi connectivity index (χ1v) is 4.27. The highest BCUT2D eigenvalue weighted by Crippen LogP contribution is 2.11. The maximum atomic E-state index is 10.1. The lowest BCUT2D eigenvalue weighted by Gasteiger charge is -1.94. The molecule has 2 nitrogen and oxygen atoms in total. The van der Waals surface area contributed by atoms with Gasteiger partial charge in [-0.3, -0.25) is 0 Å². The highest BCUT2D eigenvalue weighted by atomic mass is 35.5. The number of carbonyl (C=O) groups is 1. The molecule has 0 spiro atoms. The highest BCUT2D eigenvalue weighted by Gasteiger charge is 2.03. The number of nitrogens with zero attached hydrogens (tertiary/aromatic N) is 1. The lowest BCUT2D eigenvalue weighted by Crippen LogP contribution is -3.00. The summed E-state index contributed by atoms with van der Waals surface area (Å²) in [4.78, 5) is 10.1. The molecule has 0 unspecified atom stereocenters. The second-order valence-corrected chi connectivity index (χ2v) is 3.24. The van der Waals surface area contributed by atoms with Crippen LogP contribution in [0.2, 0.25) is 10.0 Å². The first kappa shape index (κ1) is 12.7. The van der Waals surface area contributed by atoms with Crippen molar-refractivity contribution in [1.29, 1.82) is 0 Å². The fourth-order valence-electron chi connectivity index (χ4n) is 0.891. The SMILES string of the molecule is O=CCC[n+]1cc(Cl)cc(Cl)c1.[Cl-]. The first-order valence-electron chi connectivity index (χ1n) is 3.51. The lowest BCUT2D eigenvalue weighted by molar-refractivity contribution is -0.695. The number of hydrogen-bond acceptors (Lipinski definition) is 1. The largest absolute Gasteiger partial charge is 1.00 e. The molecule has 0 aliphatic heterocycles. The molecular weight excluding hydrogens is 232 g/mol. The van der Waals surface area contributed by atoms with Crippen LogP contribution in [-0.2, 0) is 11.3 Å². The zero-order chi connectivity index (χ0) is 8.97. The quantitative estimate of drug-likeness (QED) is 0.484. The Kier molecular flexibility index (Phi) is 6.04. The zero-order valence-electron chi connectivity index (χ0n) is 6.71. The third-order valence-corrected chi connectivity index (χ3v) is 1.77. The summed E-state index contributed by atoms with van der Waals surface area (Å²) >= 11 is 11.5. The van der Waals surface area contributed by atoms with E-state index >= 15 is 0 Å². The normalized spacial score (nSPS) is 9.08. The van der Waals surface area contributed by atoms with Crippen LogP contribution in [0, 0.1) is 0 Å². The molecule has 0 atom stereocenters. The Morgan fingerprint density at radius 1 is 1.31 bits per heavy atom. The standard InChI is InChI=1S/C8H8Cl2NO.ClH/c9-7-4-8(10)6-11(5-7)2-1-3-12;/h3-6H,1-2H2;1H/q+1;/p-1. The van der Waals surface area contributed by atoms with Crippen molar-refractivity contribution in [3.8, 4) is 0 Å². The van der Waals surface area contributed by atoms with Crippen LogP contribution < -0.4 is 17.0 Å². The number of aromatic nitrogens is 1. The summed E-state index contributed by atoms with van der Waals surface area (Å²) in [6.45, 7) is 0.615. The van der Waals surface area contributed by atoms with Crippen molar-refractivity contribution in [1.82, 2.24) is 0 Å². The van der Waals surface area contributed by atoms with Gasteiger partial charge in [0.1, 0.15) is 16.3 Å². The van der Waals surface area contributed by atoms with Gasteiger partial charge in [0, 0.05) is 0 Å². The van der Waals surface area contributed by atoms with Crippen LogP contribution in [0.15, 0.2) is 18.5 Å². The molecule has 0 amide bonds. The Labute approximate surface area is 92.9 Å². The summed E-state index contributed by atoms with van der Waals surface area (Å²) in [5, 5.41) is 1.15. The molecule has 0 aliphatic carbocycles. The van der Waals surface area contributed by atoms with Gasteiger partial charge in [-0.2, -0.15) is 0 Å². The van der Waals surface area contributed by atoms with Crippen molar-refractivity contribution in [3.05, 3.63) is 28.5 Å². The van der Waals surface area contributed by atoms with E-state index in [4.69, 9.17) is 23.2 Å². The van der Waals surface area contributed by atoms with Gasteiger partial charge in [0.2, 0.25) is 0 Å². The molecule has 0 bridgehead atoms. The minimum atomic E-state index is 0. The zero-order valence-corrected chi connectivity index (χ0v) is 8.98. The van der Waals surface area contributed by atoms with E-state index < -0.39 is 0 Å². The van der Waals surface area contributed by atoms with Crippen molar-refractivity contribution < 1.29 is 21.8 Å².